The molecular weight excluding hydrogens is 276 g/mol. The Hall–Kier alpha value is -2.40. The van der Waals surface area contributed by atoms with E-state index in [2.05, 4.69) is 10.3 Å². The van der Waals surface area contributed by atoms with Gasteiger partial charge in [0.15, 0.2) is 0 Å². The second kappa shape index (κ2) is 4.94. The molecule has 0 spiro atoms. The van der Waals surface area contributed by atoms with Crippen LogP contribution in [0.3, 0.4) is 0 Å². The highest BCUT2D eigenvalue weighted by atomic mass is 35.5. The number of hydrogen-bond acceptors (Lipinski definition) is 3. The van der Waals surface area contributed by atoms with E-state index in [1.165, 1.54) is 9.58 Å². The Balaban J connectivity index is 2.01. The summed E-state index contributed by atoms with van der Waals surface area (Å²) in [5, 5.41) is 8.42. The third-order valence-electron chi connectivity index (χ3n) is 3.02. The lowest BCUT2D eigenvalue weighted by atomic mass is 10.3. The molecule has 0 N–H and O–H groups in total. The third-order valence-corrected chi connectivity index (χ3v) is 3.25. The zero-order valence-corrected chi connectivity index (χ0v) is 11.4. The molecule has 0 saturated heterocycles. The van der Waals surface area contributed by atoms with Crippen LogP contribution in [0.15, 0.2) is 48.5 Å². The number of rotatable bonds is 1. The average molecular weight is 287 g/mol. The predicted octanol–water partition coefficient (Wildman–Crippen LogP) is 3.19. The molecule has 20 heavy (non-hydrogen) atoms. The number of fused-ring (bicyclic) bond motifs is 1. The Morgan fingerprint density at radius 1 is 1.20 bits per heavy atom. The van der Waals surface area contributed by atoms with E-state index in [-0.39, 0.29) is 6.03 Å². The second-order valence-corrected chi connectivity index (χ2v) is 4.75. The molecule has 0 radical (unpaired) electrons. The van der Waals surface area contributed by atoms with E-state index in [9.17, 15) is 4.79 Å². The number of anilines is 1. The molecule has 0 fully saturated rings. The zero-order chi connectivity index (χ0) is 14.1. The summed E-state index contributed by atoms with van der Waals surface area (Å²) in [6.07, 6.45) is 0. The fourth-order valence-electron chi connectivity index (χ4n) is 1.94. The highest BCUT2D eigenvalue weighted by Crippen LogP contribution is 2.19. The SMILES string of the molecule is CN(C(=O)n1nnc2cc(Cl)ccc21)c1ccccc1. The molecule has 3 aromatic rings. The van der Waals surface area contributed by atoms with E-state index >= 15 is 0 Å². The highest BCUT2D eigenvalue weighted by molar-refractivity contribution is 6.31. The first-order valence-corrected chi connectivity index (χ1v) is 6.39. The minimum Gasteiger partial charge on any atom is -0.296 e. The van der Waals surface area contributed by atoms with Crippen molar-refractivity contribution in [1.29, 1.82) is 0 Å². The molecule has 3 rings (SSSR count). The molecule has 5 nitrogen and oxygen atoms in total. The number of amides is 1. The molecule has 0 bridgehead atoms. The maximum absolute atomic E-state index is 12.5. The lowest BCUT2D eigenvalue weighted by Gasteiger charge is -2.16. The van der Waals surface area contributed by atoms with Gasteiger partial charge in [0.05, 0.1) is 5.52 Å². The van der Waals surface area contributed by atoms with Crippen molar-refractivity contribution in [2.24, 2.45) is 0 Å². The van der Waals surface area contributed by atoms with Crippen LogP contribution >= 0.6 is 11.6 Å². The van der Waals surface area contributed by atoms with Crippen LogP contribution in [0, 0.1) is 0 Å². The van der Waals surface area contributed by atoms with E-state index in [1.54, 1.807) is 25.2 Å². The Bertz CT molecular complexity index is 769. The molecular formula is C14H11ClN4O. The predicted molar refractivity (Wildman–Crippen MR) is 78.2 cm³/mol. The summed E-state index contributed by atoms with van der Waals surface area (Å²) in [5.74, 6) is 0. The molecule has 0 aliphatic carbocycles. The van der Waals surface area contributed by atoms with Gasteiger partial charge >= 0.3 is 6.03 Å². The van der Waals surface area contributed by atoms with Crippen LogP contribution in [0.2, 0.25) is 5.02 Å². The molecule has 1 aromatic heterocycles. The Labute approximate surface area is 120 Å². The summed E-state index contributed by atoms with van der Waals surface area (Å²) in [6, 6.07) is 14.2. The molecule has 0 aliphatic heterocycles. The number of aromatic nitrogens is 3. The number of para-hydroxylation sites is 1. The van der Waals surface area contributed by atoms with Crippen LogP contribution in [0.1, 0.15) is 0 Å². The van der Waals surface area contributed by atoms with E-state index in [0.29, 0.717) is 16.1 Å². The van der Waals surface area contributed by atoms with Gasteiger partial charge in [-0.05, 0) is 30.3 Å². The fourth-order valence-corrected chi connectivity index (χ4v) is 2.11. The first-order valence-electron chi connectivity index (χ1n) is 6.01. The quantitative estimate of drug-likeness (QED) is 0.690. The van der Waals surface area contributed by atoms with Crippen molar-refractivity contribution in [2.75, 3.05) is 11.9 Å². The van der Waals surface area contributed by atoms with Crippen molar-refractivity contribution < 1.29 is 4.79 Å². The maximum Gasteiger partial charge on any atom is 0.350 e. The van der Waals surface area contributed by atoms with Crippen LogP contribution in [0.25, 0.3) is 11.0 Å². The van der Waals surface area contributed by atoms with Crippen LogP contribution < -0.4 is 4.90 Å². The minimum absolute atomic E-state index is 0.277. The molecule has 0 atom stereocenters. The summed E-state index contributed by atoms with van der Waals surface area (Å²) < 4.78 is 1.26. The Morgan fingerprint density at radius 2 is 1.95 bits per heavy atom. The van der Waals surface area contributed by atoms with E-state index in [1.807, 2.05) is 30.3 Å². The molecule has 1 amide bonds. The molecule has 100 valence electrons. The standard InChI is InChI=1S/C14H11ClN4O/c1-18(11-5-3-2-4-6-11)14(20)19-13-8-7-10(15)9-12(13)16-17-19/h2-9H,1H3. The van der Waals surface area contributed by atoms with Gasteiger partial charge in [0.2, 0.25) is 0 Å². The zero-order valence-electron chi connectivity index (χ0n) is 10.7. The van der Waals surface area contributed by atoms with Crippen LogP contribution in [-0.2, 0) is 0 Å². The van der Waals surface area contributed by atoms with E-state index in [0.717, 1.165) is 5.69 Å². The smallest absolute Gasteiger partial charge is 0.296 e. The maximum atomic E-state index is 12.5. The van der Waals surface area contributed by atoms with Crippen molar-refractivity contribution in [2.45, 2.75) is 0 Å². The van der Waals surface area contributed by atoms with Crippen molar-refractivity contribution in [3.05, 3.63) is 53.6 Å². The van der Waals surface area contributed by atoms with Gasteiger partial charge in [-0.3, -0.25) is 4.90 Å². The van der Waals surface area contributed by atoms with Gasteiger partial charge in [0.25, 0.3) is 0 Å². The molecule has 0 aliphatic rings. The van der Waals surface area contributed by atoms with Gasteiger partial charge in [-0.25, -0.2) is 4.79 Å². The molecule has 0 saturated carbocycles. The average Bonchev–Trinajstić information content (AvgIpc) is 2.89. The monoisotopic (exact) mass is 286 g/mol. The molecule has 2 aromatic carbocycles. The van der Waals surface area contributed by atoms with Gasteiger partial charge < -0.3 is 0 Å². The topological polar surface area (TPSA) is 51.0 Å². The summed E-state index contributed by atoms with van der Waals surface area (Å²) in [4.78, 5) is 14.0. The second-order valence-electron chi connectivity index (χ2n) is 4.31. The highest BCUT2D eigenvalue weighted by Gasteiger charge is 2.17. The number of halogens is 1. The van der Waals surface area contributed by atoms with Crippen molar-refractivity contribution in [1.82, 2.24) is 15.0 Å². The molecule has 6 heteroatoms. The Morgan fingerprint density at radius 3 is 2.70 bits per heavy atom. The van der Waals surface area contributed by atoms with Crippen molar-refractivity contribution in [3.8, 4) is 0 Å². The fraction of sp³-hybridized carbons (Fsp3) is 0.0714. The third kappa shape index (κ3) is 2.12. The van der Waals surface area contributed by atoms with Crippen molar-refractivity contribution in [3.63, 3.8) is 0 Å². The van der Waals surface area contributed by atoms with Crippen LogP contribution in [-0.4, -0.2) is 28.1 Å². The van der Waals surface area contributed by atoms with Crippen molar-refractivity contribution >= 4 is 34.4 Å². The molecule has 1 heterocycles. The normalized spacial score (nSPS) is 10.7. The van der Waals surface area contributed by atoms with Gasteiger partial charge in [-0.1, -0.05) is 35.0 Å². The minimum atomic E-state index is -0.277. The summed E-state index contributed by atoms with van der Waals surface area (Å²) in [7, 11) is 1.70. The number of carbonyl (C=O) groups is 1. The summed E-state index contributed by atoms with van der Waals surface area (Å²) in [5.41, 5.74) is 2.00. The van der Waals surface area contributed by atoms with E-state index < -0.39 is 0 Å². The lowest BCUT2D eigenvalue weighted by Crippen LogP contribution is -2.31. The Kier molecular flexibility index (Phi) is 3.12. The van der Waals surface area contributed by atoms with Gasteiger partial charge in [-0.15, -0.1) is 5.10 Å². The number of carbonyl (C=O) groups excluding carboxylic acids is 1. The van der Waals surface area contributed by atoms with Gasteiger partial charge in [-0.2, -0.15) is 4.68 Å². The first-order chi connectivity index (χ1) is 9.66. The van der Waals surface area contributed by atoms with Crippen LogP contribution in [0.5, 0.6) is 0 Å². The number of benzene rings is 2. The first kappa shape index (κ1) is 12.6. The van der Waals surface area contributed by atoms with Gasteiger partial charge in [0.1, 0.15) is 5.52 Å². The van der Waals surface area contributed by atoms with Crippen LogP contribution in [0.4, 0.5) is 10.5 Å². The largest absolute Gasteiger partial charge is 0.350 e. The number of hydrogen-bond donors (Lipinski definition) is 0. The summed E-state index contributed by atoms with van der Waals surface area (Å²) >= 11 is 5.89. The summed E-state index contributed by atoms with van der Waals surface area (Å²) in [6.45, 7) is 0. The van der Waals surface area contributed by atoms with Gasteiger partial charge in [0, 0.05) is 17.8 Å². The molecule has 0 unspecified atom stereocenters. The van der Waals surface area contributed by atoms with E-state index in [4.69, 9.17) is 11.6 Å². The number of nitrogens with zero attached hydrogens (tertiary/aromatic N) is 4. The lowest BCUT2D eigenvalue weighted by molar-refractivity contribution is 0.246.